The Kier molecular flexibility index (Phi) is 5.91. The van der Waals surface area contributed by atoms with Crippen LogP contribution in [-0.4, -0.2) is 59.6 Å². The second-order valence-electron chi connectivity index (χ2n) is 6.67. The second kappa shape index (κ2) is 8.18. The van der Waals surface area contributed by atoms with Crippen LogP contribution in [0, 0.1) is 5.92 Å². The van der Waals surface area contributed by atoms with Gasteiger partial charge in [-0.2, -0.15) is 4.98 Å². The number of aromatic nitrogens is 2. The summed E-state index contributed by atoms with van der Waals surface area (Å²) in [5.41, 5.74) is 0.842. The zero-order chi connectivity index (χ0) is 19.4. The van der Waals surface area contributed by atoms with Crippen LogP contribution in [0.15, 0.2) is 34.9 Å². The number of benzene rings is 1. The summed E-state index contributed by atoms with van der Waals surface area (Å²) in [7, 11) is -1.61. The topological polar surface area (TPSA) is 96.6 Å². The molecule has 9 heteroatoms. The number of nitrogens with zero attached hydrogens (tertiary/aromatic N) is 4. The van der Waals surface area contributed by atoms with Gasteiger partial charge < -0.3 is 9.42 Å². The van der Waals surface area contributed by atoms with E-state index < -0.39 is 10.0 Å². The van der Waals surface area contributed by atoms with Gasteiger partial charge in [0.1, 0.15) is 0 Å². The zero-order valence-electron chi connectivity index (χ0n) is 15.5. The Bertz CT molecular complexity index is 882. The molecule has 0 unspecified atom stereocenters. The van der Waals surface area contributed by atoms with Crippen LogP contribution < -0.4 is 0 Å². The molecule has 1 aromatic heterocycles. The van der Waals surface area contributed by atoms with Gasteiger partial charge >= 0.3 is 0 Å². The highest BCUT2D eigenvalue weighted by atomic mass is 32.2. The van der Waals surface area contributed by atoms with Gasteiger partial charge in [-0.05, 0) is 19.8 Å². The lowest BCUT2D eigenvalue weighted by Gasteiger charge is -2.32. The summed E-state index contributed by atoms with van der Waals surface area (Å²) in [6.07, 6.45) is 1.36. The standard InChI is InChI=1S/C18H24N4O4S/c1-3-27(24,25)22-11-7-10-15(12-22)18(23)21(2)13-16-19-17(20-26-16)14-8-5-4-6-9-14/h4-6,8-9,15H,3,7,10-13H2,1-2H3/t15-/m1/s1. The van der Waals surface area contributed by atoms with Gasteiger partial charge in [-0.25, -0.2) is 12.7 Å². The second-order valence-corrected chi connectivity index (χ2v) is 8.93. The van der Waals surface area contributed by atoms with Crippen LogP contribution in [-0.2, 0) is 21.4 Å². The molecule has 0 radical (unpaired) electrons. The number of sulfonamides is 1. The number of carbonyl (C=O) groups excluding carboxylic acids is 1. The molecule has 1 aliphatic heterocycles. The van der Waals surface area contributed by atoms with E-state index in [0.717, 1.165) is 5.56 Å². The van der Waals surface area contributed by atoms with Crippen molar-refractivity contribution in [2.24, 2.45) is 5.92 Å². The lowest BCUT2D eigenvalue weighted by Crippen LogP contribution is -2.46. The molecule has 2 heterocycles. The first-order valence-electron chi connectivity index (χ1n) is 9.01. The number of amides is 1. The maximum atomic E-state index is 12.8. The first-order chi connectivity index (χ1) is 12.9. The Labute approximate surface area is 159 Å². The van der Waals surface area contributed by atoms with Crippen LogP contribution in [0.4, 0.5) is 0 Å². The van der Waals surface area contributed by atoms with E-state index in [1.807, 2.05) is 30.3 Å². The number of hydrogen-bond donors (Lipinski definition) is 0. The third-order valence-electron chi connectivity index (χ3n) is 4.74. The van der Waals surface area contributed by atoms with Crippen LogP contribution in [0.3, 0.4) is 0 Å². The largest absolute Gasteiger partial charge is 0.337 e. The van der Waals surface area contributed by atoms with Crippen molar-refractivity contribution < 1.29 is 17.7 Å². The van der Waals surface area contributed by atoms with Crippen LogP contribution >= 0.6 is 0 Å². The molecule has 2 aromatic rings. The molecule has 1 aliphatic rings. The molecule has 8 nitrogen and oxygen atoms in total. The Balaban J connectivity index is 1.63. The minimum Gasteiger partial charge on any atom is -0.337 e. The molecule has 3 rings (SSSR count). The number of hydrogen-bond acceptors (Lipinski definition) is 6. The molecular weight excluding hydrogens is 368 g/mol. The number of rotatable bonds is 6. The van der Waals surface area contributed by atoms with E-state index in [-0.39, 0.29) is 30.7 Å². The number of piperidine rings is 1. The molecule has 0 spiro atoms. The van der Waals surface area contributed by atoms with Gasteiger partial charge in [0, 0.05) is 25.7 Å². The van der Waals surface area contributed by atoms with Crippen molar-refractivity contribution in [1.29, 1.82) is 0 Å². The van der Waals surface area contributed by atoms with Crippen molar-refractivity contribution in [2.45, 2.75) is 26.3 Å². The fourth-order valence-electron chi connectivity index (χ4n) is 3.20. The van der Waals surface area contributed by atoms with Gasteiger partial charge in [-0.3, -0.25) is 4.79 Å². The van der Waals surface area contributed by atoms with E-state index in [1.54, 1.807) is 14.0 Å². The fraction of sp³-hybridized carbons (Fsp3) is 0.500. The van der Waals surface area contributed by atoms with Crippen molar-refractivity contribution in [3.8, 4) is 11.4 Å². The molecule has 0 aliphatic carbocycles. The smallest absolute Gasteiger partial charge is 0.246 e. The molecule has 0 saturated carbocycles. The zero-order valence-corrected chi connectivity index (χ0v) is 16.4. The minimum absolute atomic E-state index is 0.0496. The maximum absolute atomic E-state index is 12.8. The Morgan fingerprint density at radius 1 is 1.33 bits per heavy atom. The van der Waals surface area contributed by atoms with Crippen molar-refractivity contribution in [3.05, 3.63) is 36.2 Å². The van der Waals surface area contributed by atoms with Crippen molar-refractivity contribution in [2.75, 3.05) is 25.9 Å². The highest BCUT2D eigenvalue weighted by Crippen LogP contribution is 2.22. The van der Waals surface area contributed by atoms with E-state index in [1.165, 1.54) is 9.21 Å². The lowest BCUT2D eigenvalue weighted by molar-refractivity contribution is -0.136. The van der Waals surface area contributed by atoms with Crippen LogP contribution in [0.5, 0.6) is 0 Å². The summed E-state index contributed by atoms with van der Waals surface area (Å²) >= 11 is 0. The van der Waals surface area contributed by atoms with E-state index >= 15 is 0 Å². The normalized spacial score (nSPS) is 18.4. The molecule has 146 valence electrons. The predicted octanol–water partition coefficient (Wildman–Crippen LogP) is 1.76. The average Bonchev–Trinajstić information content (AvgIpc) is 3.16. The highest BCUT2D eigenvalue weighted by molar-refractivity contribution is 7.89. The molecule has 1 amide bonds. The van der Waals surface area contributed by atoms with E-state index in [2.05, 4.69) is 10.1 Å². The summed E-state index contributed by atoms with van der Waals surface area (Å²) in [6.45, 7) is 2.52. The van der Waals surface area contributed by atoms with Crippen molar-refractivity contribution >= 4 is 15.9 Å². The molecule has 1 saturated heterocycles. The SMILES string of the molecule is CCS(=O)(=O)N1CCC[C@@H](C(=O)N(C)Cc2nc(-c3ccccc3)no2)C1. The predicted molar refractivity (Wildman–Crippen MR) is 100.0 cm³/mol. The third kappa shape index (κ3) is 4.54. The Morgan fingerprint density at radius 3 is 2.78 bits per heavy atom. The van der Waals surface area contributed by atoms with Crippen LogP contribution in [0.2, 0.25) is 0 Å². The van der Waals surface area contributed by atoms with Gasteiger partial charge in [-0.1, -0.05) is 35.5 Å². The Hall–Kier alpha value is -2.26. The van der Waals surface area contributed by atoms with E-state index in [4.69, 9.17) is 4.52 Å². The summed E-state index contributed by atoms with van der Waals surface area (Å²) in [4.78, 5) is 18.6. The third-order valence-corrected chi connectivity index (χ3v) is 6.59. The molecule has 1 atom stereocenters. The molecular formula is C18H24N4O4S. The van der Waals surface area contributed by atoms with Crippen LogP contribution in [0.25, 0.3) is 11.4 Å². The maximum Gasteiger partial charge on any atom is 0.246 e. The van der Waals surface area contributed by atoms with Crippen LogP contribution in [0.1, 0.15) is 25.7 Å². The summed E-state index contributed by atoms with van der Waals surface area (Å²) in [5, 5.41) is 3.96. The van der Waals surface area contributed by atoms with Crippen molar-refractivity contribution in [3.63, 3.8) is 0 Å². The molecule has 0 bridgehead atoms. The van der Waals surface area contributed by atoms with Gasteiger partial charge in [0.05, 0.1) is 18.2 Å². The van der Waals surface area contributed by atoms with Gasteiger partial charge in [0.15, 0.2) is 0 Å². The van der Waals surface area contributed by atoms with E-state index in [0.29, 0.717) is 31.1 Å². The molecule has 27 heavy (non-hydrogen) atoms. The summed E-state index contributed by atoms with van der Waals surface area (Å²) < 4.78 is 30.9. The molecule has 1 aromatic carbocycles. The highest BCUT2D eigenvalue weighted by Gasteiger charge is 2.33. The van der Waals surface area contributed by atoms with Crippen molar-refractivity contribution in [1.82, 2.24) is 19.3 Å². The first kappa shape index (κ1) is 19.5. The molecule has 0 N–H and O–H groups in total. The lowest BCUT2D eigenvalue weighted by atomic mass is 9.98. The molecule has 1 fully saturated rings. The average molecular weight is 392 g/mol. The Morgan fingerprint density at radius 2 is 2.07 bits per heavy atom. The number of carbonyl (C=O) groups is 1. The fourth-order valence-corrected chi connectivity index (χ4v) is 4.37. The van der Waals surface area contributed by atoms with Gasteiger partial charge in [0.2, 0.25) is 27.6 Å². The quantitative estimate of drug-likeness (QED) is 0.743. The minimum atomic E-state index is -3.28. The summed E-state index contributed by atoms with van der Waals surface area (Å²) in [5.74, 6) is 0.420. The first-order valence-corrected chi connectivity index (χ1v) is 10.6. The van der Waals surface area contributed by atoms with Gasteiger partial charge in [-0.15, -0.1) is 0 Å². The summed E-state index contributed by atoms with van der Waals surface area (Å²) in [6, 6.07) is 9.45. The monoisotopic (exact) mass is 392 g/mol. The van der Waals surface area contributed by atoms with Gasteiger partial charge in [0.25, 0.3) is 0 Å². The van der Waals surface area contributed by atoms with E-state index in [9.17, 15) is 13.2 Å².